The molecule has 0 fully saturated rings. The van der Waals surface area contributed by atoms with Gasteiger partial charge in [-0.3, -0.25) is 9.59 Å². The summed E-state index contributed by atoms with van der Waals surface area (Å²) in [5, 5.41) is 0.297. The fraction of sp³-hybridized carbons (Fsp3) is 0.172. The van der Waals surface area contributed by atoms with Crippen LogP contribution in [0.4, 0.5) is 0 Å². The summed E-state index contributed by atoms with van der Waals surface area (Å²) in [5.74, 6) is 1.32. The molecule has 0 bridgehead atoms. The van der Waals surface area contributed by atoms with E-state index >= 15 is 0 Å². The van der Waals surface area contributed by atoms with Crippen molar-refractivity contribution in [2.45, 2.75) is 12.3 Å². The molecule has 3 aromatic carbocycles. The molecule has 1 atom stereocenters. The number of esters is 1. The first-order valence-corrected chi connectivity index (χ1v) is 11.5. The predicted molar refractivity (Wildman–Crippen MR) is 134 cm³/mol. The third-order valence-corrected chi connectivity index (χ3v) is 6.68. The van der Waals surface area contributed by atoms with Crippen molar-refractivity contribution < 1.29 is 28.2 Å². The highest BCUT2D eigenvalue weighted by atomic mass is 16.5. The maximum atomic E-state index is 13.7. The monoisotopic (exact) mass is 482 g/mol. The van der Waals surface area contributed by atoms with E-state index < -0.39 is 0 Å². The van der Waals surface area contributed by atoms with E-state index in [1.807, 2.05) is 30.3 Å². The first kappa shape index (κ1) is 22.0. The topological polar surface area (TPSA) is 84.2 Å². The third kappa shape index (κ3) is 3.51. The van der Waals surface area contributed by atoms with E-state index in [0.29, 0.717) is 45.8 Å². The van der Waals surface area contributed by atoms with E-state index in [-0.39, 0.29) is 29.5 Å². The molecule has 0 saturated carbocycles. The number of rotatable bonds is 4. The Morgan fingerprint density at radius 1 is 0.944 bits per heavy atom. The van der Waals surface area contributed by atoms with Crippen LogP contribution in [0.25, 0.3) is 28.2 Å². The second-order valence-electron chi connectivity index (χ2n) is 8.68. The van der Waals surface area contributed by atoms with Gasteiger partial charge in [0.1, 0.15) is 46.8 Å². The lowest BCUT2D eigenvalue weighted by Gasteiger charge is -2.29. The third-order valence-electron chi connectivity index (χ3n) is 6.68. The summed E-state index contributed by atoms with van der Waals surface area (Å²) in [5.41, 5.74) is 3.65. The summed E-state index contributed by atoms with van der Waals surface area (Å²) < 4.78 is 28.5. The Balaban J connectivity index is 1.56. The van der Waals surface area contributed by atoms with E-state index in [0.717, 1.165) is 16.9 Å². The largest absolute Gasteiger partial charge is 0.497 e. The minimum Gasteiger partial charge on any atom is -0.497 e. The molecule has 7 nitrogen and oxygen atoms in total. The van der Waals surface area contributed by atoms with Crippen molar-refractivity contribution in [2.24, 2.45) is 0 Å². The Kier molecular flexibility index (Phi) is 5.25. The van der Waals surface area contributed by atoms with Crippen LogP contribution in [0.15, 0.2) is 75.6 Å². The highest BCUT2D eigenvalue weighted by Crippen LogP contribution is 2.47. The smallest absolute Gasteiger partial charge is 0.312 e. The van der Waals surface area contributed by atoms with Crippen LogP contribution < -0.4 is 24.4 Å². The van der Waals surface area contributed by atoms with Gasteiger partial charge in [-0.25, -0.2) is 0 Å². The normalized spacial score (nSPS) is 16.3. The van der Waals surface area contributed by atoms with Crippen LogP contribution in [0.2, 0.25) is 0 Å². The zero-order valence-electron chi connectivity index (χ0n) is 19.7. The number of methoxy groups -OCH3 is 2. The van der Waals surface area contributed by atoms with E-state index in [9.17, 15) is 9.59 Å². The molecule has 6 rings (SSSR count). The second-order valence-corrected chi connectivity index (χ2v) is 8.68. The van der Waals surface area contributed by atoms with Crippen LogP contribution in [0.5, 0.6) is 23.0 Å². The zero-order valence-corrected chi connectivity index (χ0v) is 19.7. The highest BCUT2D eigenvalue weighted by molar-refractivity contribution is 5.94. The Morgan fingerprint density at radius 2 is 1.75 bits per heavy atom. The molecule has 4 aromatic rings. The summed E-state index contributed by atoms with van der Waals surface area (Å²) in [7, 11) is 3.05. The summed E-state index contributed by atoms with van der Waals surface area (Å²) in [6, 6.07) is 16.5. The minimum absolute atomic E-state index is 0.107. The van der Waals surface area contributed by atoms with Gasteiger partial charge in [-0.05, 0) is 35.4 Å². The molecule has 0 N–H and O–H groups in total. The number of benzene rings is 3. The summed E-state index contributed by atoms with van der Waals surface area (Å²) in [6.45, 7) is 0.316. The SMILES string of the molecule is COc1ccc(-c2coc3c4c(cc(OC)c3c2=O)OC(=O)C[C@@H]4C2=Cc3ccccc3OC2)cc1. The molecule has 7 heteroatoms. The van der Waals surface area contributed by atoms with Crippen molar-refractivity contribution in [2.75, 3.05) is 20.8 Å². The molecule has 0 amide bonds. The molecule has 2 aliphatic rings. The molecule has 2 aliphatic heterocycles. The van der Waals surface area contributed by atoms with Gasteiger partial charge in [-0.1, -0.05) is 30.3 Å². The Labute approximate surface area is 206 Å². The van der Waals surface area contributed by atoms with E-state index in [4.69, 9.17) is 23.4 Å². The molecular weight excluding hydrogens is 460 g/mol. The van der Waals surface area contributed by atoms with Crippen molar-refractivity contribution in [1.29, 1.82) is 0 Å². The molecule has 180 valence electrons. The van der Waals surface area contributed by atoms with Crippen molar-refractivity contribution >= 4 is 23.0 Å². The lowest BCUT2D eigenvalue weighted by Crippen LogP contribution is -2.25. The van der Waals surface area contributed by atoms with Crippen LogP contribution in [-0.4, -0.2) is 26.8 Å². The number of para-hydroxylation sites is 1. The standard InChI is InChI=1S/C29H22O7/c1-32-19-9-7-16(8-10-19)21-15-35-29-26-20(18-11-17-5-3-4-6-22(17)34-14-18)12-25(30)36-24(26)13-23(33-2)27(29)28(21)31/h3-11,13,15,20H,12,14H2,1-2H3/t20-/m1/s1. The summed E-state index contributed by atoms with van der Waals surface area (Å²) >= 11 is 0. The zero-order chi connectivity index (χ0) is 24.8. The van der Waals surface area contributed by atoms with Crippen molar-refractivity contribution in [1.82, 2.24) is 0 Å². The minimum atomic E-state index is -0.377. The summed E-state index contributed by atoms with van der Waals surface area (Å²) in [4.78, 5) is 26.3. The molecule has 3 heterocycles. The number of hydrogen-bond donors (Lipinski definition) is 0. The lowest BCUT2D eigenvalue weighted by molar-refractivity contribution is -0.135. The van der Waals surface area contributed by atoms with E-state index in [2.05, 4.69) is 0 Å². The van der Waals surface area contributed by atoms with Gasteiger partial charge in [0.2, 0.25) is 5.43 Å². The summed E-state index contributed by atoms with van der Waals surface area (Å²) in [6.07, 6.45) is 3.59. The van der Waals surface area contributed by atoms with Crippen molar-refractivity contribution in [3.63, 3.8) is 0 Å². The van der Waals surface area contributed by atoms with Gasteiger partial charge < -0.3 is 23.4 Å². The van der Waals surface area contributed by atoms with Gasteiger partial charge in [0.15, 0.2) is 0 Å². The molecular formula is C29H22O7. The van der Waals surface area contributed by atoms with Crippen LogP contribution in [0.1, 0.15) is 23.5 Å². The quantitative estimate of drug-likeness (QED) is 0.287. The number of carbonyl (C=O) groups excluding carboxylic acids is 1. The fourth-order valence-corrected chi connectivity index (χ4v) is 4.90. The first-order valence-electron chi connectivity index (χ1n) is 11.5. The van der Waals surface area contributed by atoms with Crippen molar-refractivity contribution in [3.8, 4) is 34.1 Å². The van der Waals surface area contributed by atoms with Gasteiger partial charge in [0.05, 0.1) is 26.2 Å². The molecule has 36 heavy (non-hydrogen) atoms. The molecule has 0 unspecified atom stereocenters. The van der Waals surface area contributed by atoms with Crippen LogP contribution >= 0.6 is 0 Å². The average Bonchev–Trinajstić information content (AvgIpc) is 2.92. The maximum Gasteiger partial charge on any atom is 0.312 e. The fourth-order valence-electron chi connectivity index (χ4n) is 4.90. The number of ether oxygens (including phenoxy) is 4. The first-order chi connectivity index (χ1) is 17.6. The lowest BCUT2D eigenvalue weighted by atomic mass is 9.83. The molecule has 1 aromatic heterocycles. The number of carbonyl (C=O) groups is 1. The Bertz CT molecular complexity index is 1600. The van der Waals surface area contributed by atoms with Gasteiger partial charge in [-0.15, -0.1) is 0 Å². The van der Waals surface area contributed by atoms with E-state index in [1.165, 1.54) is 13.4 Å². The van der Waals surface area contributed by atoms with Gasteiger partial charge in [0, 0.05) is 23.1 Å². The highest BCUT2D eigenvalue weighted by Gasteiger charge is 2.36. The number of fused-ring (bicyclic) bond motifs is 4. The van der Waals surface area contributed by atoms with Crippen LogP contribution in [-0.2, 0) is 4.79 Å². The molecule has 0 aliphatic carbocycles. The Morgan fingerprint density at radius 3 is 2.53 bits per heavy atom. The number of hydrogen-bond acceptors (Lipinski definition) is 7. The van der Waals surface area contributed by atoms with Gasteiger partial charge in [-0.2, -0.15) is 0 Å². The molecule has 0 spiro atoms. The predicted octanol–water partition coefficient (Wildman–Crippen LogP) is 5.35. The van der Waals surface area contributed by atoms with Crippen molar-refractivity contribution in [3.05, 3.63) is 87.8 Å². The van der Waals surface area contributed by atoms with Crippen LogP contribution in [0.3, 0.4) is 0 Å². The van der Waals surface area contributed by atoms with Gasteiger partial charge >= 0.3 is 5.97 Å². The molecule has 0 radical (unpaired) electrons. The second kappa shape index (κ2) is 8.61. The van der Waals surface area contributed by atoms with Gasteiger partial charge in [0.25, 0.3) is 0 Å². The van der Waals surface area contributed by atoms with Crippen LogP contribution in [0, 0.1) is 0 Å². The Hall–Kier alpha value is -4.52. The van der Waals surface area contributed by atoms with E-state index in [1.54, 1.807) is 37.4 Å². The average molecular weight is 482 g/mol. The molecule has 0 saturated heterocycles. The maximum absolute atomic E-state index is 13.7.